The molecule has 1 aliphatic rings. The molecule has 5 heteroatoms. The third kappa shape index (κ3) is 2.18. The molecule has 2 aromatic rings. The topological polar surface area (TPSA) is 67.1 Å². The van der Waals surface area contributed by atoms with Gasteiger partial charge in [-0.3, -0.25) is 9.88 Å². The number of nitrogen functional groups attached to an aromatic ring is 1. The smallest absolute Gasteiger partial charge is 0.158 e. The summed E-state index contributed by atoms with van der Waals surface area (Å²) in [6.45, 7) is 2.77. The van der Waals surface area contributed by atoms with Crippen molar-refractivity contribution in [1.29, 1.82) is 0 Å². The molecule has 2 heterocycles. The van der Waals surface area contributed by atoms with E-state index in [-0.39, 0.29) is 0 Å². The van der Waals surface area contributed by atoms with Gasteiger partial charge in [-0.05, 0) is 11.1 Å². The molecule has 1 aliphatic heterocycles. The SMILES string of the molecule is NNc1cnc(CN2Cc3ccccc3C2)cn1. The number of nitrogens with zero attached hydrogens (tertiary/aromatic N) is 3. The first kappa shape index (κ1) is 11.1. The van der Waals surface area contributed by atoms with Gasteiger partial charge in [-0.2, -0.15) is 0 Å². The van der Waals surface area contributed by atoms with Crippen molar-refractivity contribution in [1.82, 2.24) is 14.9 Å². The Labute approximate surface area is 106 Å². The summed E-state index contributed by atoms with van der Waals surface area (Å²) in [6.07, 6.45) is 3.41. The summed E-state index contributed by atoms with van der Waals surface area (Å²) in [4.78, 5) is 10.8. The fourth-order valence-electron chi connectivity index (χ4n) is 2.26. The van der Waals surface area contributed by atoms with E-state index in [2.05, 4.69) is 44.6 Å². The van der Waals surface area contributed by atoms with Gasteiger partial charge in [0.2, 0.25) is 0 Å². The number of hydrogen-bond donors (Lipinski definition) is 2. The van der Waals surface area contributed by atoms with Crippen molar-refractivity contribution < 1.29 is 0 Å². The number of fused-ring (bicyclic) bond motifs is 1. The summed E-state index contributed by atoms with van der Waals surface area (Å²) in [5, 5.41) is 0. The monoisotopic (exact) mass is 241 g/mol. The summed E-state index contributed by atoms with van der Waals surface area (Å²) in [5.41, 5.74) is 6.25. The maximum absolute atomic E-state index is 5.26. The molecule has 1 aromatic carbocycles. The molecule has 0 radical (unpaired) electrons. The zero-order valence-corrected chi connectivity index (χ0v) is 10.0. The molecule has 0 amide bonds. The van der Waals surface area contributed by atoms with Crippen molar-refractivity contribution in [3.63, 3.8) is 0 Å². The minimum absolute atomic E-state index is 0.587. The average molecular weight is 241 g/mol. The molecule has 0 spiro atoms. The van der Waals surface area contributed by atoms with Crippen molar-refractivity contribution in [2.24, 2.45) is 5.84 Å². The summed E-state index contributed by atoms with van der Waals surface area (Å²) in [5.74, 6) is 5.84. The van der Waals surface area contributed by atoms with Crippen LogP contribution in [0.5, 0.6) is 0 Å². The third-order valence-electron chi connectivity index (χ3n) is 3.15. The molecule has 0 saturated heterocycles. The second-order valence-electron chi connectivity index (χ2n) is 4.45. The van der Waals surface area contributed by atoms with Crippen molar-refractivity contribution in [3.05, 3.63) is 53.5 Å². The van der Waals surface area contributed by atoms with Gasteiger partial charge < -0.3 is 5.43 Å². The molecular formula is C13H15N5. The van der Waals surface area contributed by atoms with Crippen LogP contribution in [-0.2, 0) is 19.6 Å². The average Bonchev–Trinajstić information content (AvgIpc) is 2.82. The van der Waals surface area contributed by atoms with E-state index in [0.29, 0.717) is 5.82 Å². The summed E-state index contributed by atoms with van der Waals surface area (Å²) < 4.78 is 0. The Kier molecular flexibility index (Phi) is 2.92. The van der Waals surface area contributed by atoms with Gasteiger partial charge in [-0.15, -0.1) is 0 Å². The quantitative estimate of drug-likeness (QED) is 0.626. The number of benzene rings is 1. The van der Waals surface area contributed by atoms with Crippen LogP contribution in [0.3, 0.4) is 0 Å². The molecular weight excluding hydrogens is 226 g/mol. The van der Waals surface area contributed by atoms with Gasteiger partial charge in [0.25, 0.3) is 0 Å². The van der Waals surface area contributed by atoms with Gasteiger partial charge in [0.15, 0.2) is 5.82 Å². The Morgan fingerprint density at radius 1 is 1.11 bits per heavy atom. The van der Waals surface area contributed by atoms with Gasteiger partial charge in [-0.1, -0.05) is 24.3 Å². The lowest BCUT2D eigenvalue weighted by molar-refractivity contribution is 0.271. The fraction of sp³-hybridized carbons (Fsp3) is 0.231. The van der Waals surface area contributed by atoms with Crippen molar-refractivity contribution >= 4 is 5.82 Å². The highest BCUT2D eigenvalue weighted by atomic mass is 15.3. The summed E-state index contributed by atoms with van der Waals surface area (Å²) in [7, 11) is 0. The number of hydrazine groups is 1. The molecule has 1 aromatic heterocycles. The fourth-order valence-corrected chi connectivity index (χ4v) is 2.26. The second kappa shape index (κ2) is 4.72. The Morgan fingerprint density at radius 2 is 1.83 bits per heavy atom. The van der Waals surface area contributed by atoms with Crippen LogP contribution < -0.4 is 11.3 Å². The highest BCUT2D eigenvalue weighted by molar-refractivity contribution is 5.31. The molecule has 92 valence electrons. The predicted octanol–water partition coefficient (Wildman–Crippen LogP) is 1.28. The largest absolute Gasteiger partial charge is 0.307 e. The number of aromatic nitrogens is 2. The minimum atomic E-state index is 0.587. The van der Waals surface area contributed by atoms with Crippen LogP contribution in [0.2, 0.25) is 0 Å². The lowest BCUT2D eigenvalue weighted by atomic mass is 10.1. The maximum Gasteiger partial charge on any atom is 0.158 e. The molecule has 0 atom stereocenters. The van der Waals surface area contributed by atoms with Crippen molar-refractivity contribution in [2.45, 2.75) is 19.6 Å². The Morgan fingerprint density at radius 3 is 2.39 bits per heavy atom. The van der Waals surface area contributed by atoms with Crippen molar-refractivity contribution in [3.8, 4) is 0 Å². The van der Waals surface area contributed by atoms with E-state index < -0.39 is 0 Å². The van der Waals surface area contributed by atoms with Crippen LogP contribution in [0.1, 0.15) is 16.8 Å². The maximum atomic E-state index is 5.26. The summed E-state index contributed by atoms with van der Waals surface area (Å²) in [6, 6.07) is 8.54. The van der Waals surface area contributed by atoms with Gasteiger partial charge in [0, 0.05) is 19.6 Å². The molecule has 0 fully saturated rings. The molecule has 0 aliphatic carbocycles. The first-order chi connectivity index (χ1) is 8.85. The highest BCUT2D eigenvalue weighted by Crippen LogP contribution is 2.23. The van der Waals surface area contributed by atoms with Crippen molar-refractivity contribution in [2.75, 3.05) is 5.43 Å². The first-order valence-corrected chi connectivity index (χ1v) is 5.92. The van der Waals surface area contributed by atoms with Gasteiger partial charge in [-0.25, -0.2) is 10.8 Å². The van der Waals surface area contributed by atoms with Crippen LogP contribution >= 0.6 is 0 Å². The van der Waals surface area contributed by atoms with Gasteiger partial charge in [0.05, 0.1) is 18.1 Å². The van der Waals surface area contributed by atoms with Crippen LogP contribution in [0, 0.1) is 0 Å². The minimum Gasteiger partial charge on any atom is -0.307 e. The van der Waals surface area contributed by atoms with Gasteiger partial charge in [0.1, 0.15) is 0 Å². The van der Waals surface area contributed by atoms with E-state index >= 15 is 0 Å². The molecule has 18 heavy (non-hydrogen) atoms. The third-order valence-corrected chi connectivity index (χ3v) is 3.15. The lowest BCUT2D eigenvalue weighted by Crippen LogP contribution is -2.17. The number of rotatable bonds is 3. The first-order valence-electron chi connectivity index (χ1n) is 5.92. The number of hydrogen-bond acceptors (Lipinski definition) is 5. The number of nitrogens with one attached hydrogen (secondary N) is 1. The van der Waals surface area contributed by atoms with Crippen LogP contribution in [0.4, 0.5) is 5.82 Å². The Hall–Kier alpha value is -1.98. The van der Waals surface area contributed by atoms with Crippen LogP contribution in [-0.4, -0.2) is 14.9 Å². The molecule has 0 unspecified atom stereocenters. The highest BCUT2D eigenvalue weighted by Gasteiger charge is 2.18. The molecule has 5 nitrogen and oxygen atoms in total. The number of nitrogens with two attached hydrogens (primary N) is 1. The van der Waals surface area contributed by atoms with E-state index in [1.54, 1.807) is 12.4 Å². The molecule has 3 N–H and O–H groups in total. The van der Waals surface area contributed by atoms with Crippen LogP contribution in [0.15, 0.2) is 36.7 Å². The Balaban J connectivity index is 1.68. The second-order valence-corrected chi connectivity index (χ2v) is 4.45. The summed E-state index contributed by atoms with van der Waals surface area (Å²) >= 11 is 0. The number of anilines is 1. The zero-order valence-electron chi connectivity index (χ0n) is 10.0. The van der Waals surface area contributed by atoms with E-state index in [9.17, 15) is 0 Å². The molecule has 3 rings (SSSR count). The van der Waals surface area contributed by atoms with E-state index in [1.807, 2.05) is 0 Å². The predicted molar refractivity (Wildman–Crippen MR) is 69.2 cm³/mol. The zero-order chi connectivity index (χ0) is 12.4. The van der Waals surface area contributed by atoms with Crippen LogP contribution in [0.25, 0.3) is 0 Å². The Bertz CT molecular complexity index is 512. The normalized spacial score (nSPS) is 14.5. The van der Waals surface area contributed by atoms with E-state index in [1.165, 1.54) is 11.1 Å². The molecule has 0 bridgehead atoms. The van der Waals surface area contributed by atoms with E-state index in [4.69, 9.17) is 5.84 Å². The van der Waals surface area contributed by atoms with Gasteiger partial charge >= 0.3 is 0 Å². The standard InChI is InChI=1S/C13H15N5/c14-17-13-6-15-12(5-16-13)9-18-7-10-3-1-2-4-11(10)8-18/h1-6H,7-9,14H2,(H,16,17). The lowest BCUT2D eigenvalue weighted by Gasteiger charge is -2.13. The molecule has 0 saturated carbocycles. The van der Waals surface area contributed by atoms with E-state index in [0.717, 1.165) is 25.3 Å².